The first-order chi connectivity index (χ1) is 26.0. The van der Waals surface area contributed by atoms with E-state index < -0.39 is 33.8 Å². The van der Waals surface area contributed by atoms with Crippen molar-refractivity contribution in [2.75, 3.05) is 31.5 Å². The number of anilines is 1. The lowest BCUT2D eigenvalue weighted by atomic mass is 9.99. The maximum Gasteiger partial charge on any atom is 0.305 e. The number of carboxylic acid groups (broad SMARTS) is 1. The number of carbonyl (C=O) groups is 3. The molecule has 4 rings (SSSR count). The number of fused-ring (bicyclic) bond motifs is 1. The molecule has 12 nitrogen and oxygen atoms in total. The van der Waals surface area contributed by atoms with Gasteiger partial charge < -0.3 is 15.7 Å². The van der Waals surface area contributed by atoms with E-state index in [1.54, 1.807) is 18.3 Å². The highest BCUT2D eigenvalue weighted by Crippen LogP contribution is 2.33. The molecular formula is C40H55FN6O6S. The first-order valence-electron chi connectivity index (χ1n) is 19.2. The number of aromatic nitrogens is 2. The number of aliphatic carboxylic acids is 1. The zero-order valence-corrected chi connectivity index (χ0v) is 32.4. The highest BCUT2D eigenvalue weighted by molar-refractivity contribution is 7.90. The Balaban J connectivity index is 1.39. The second-order valence-electron chi connectivity index (χ2n) is 13.8. The summed E-state index contributed by atoms with van der Waals surface area (Å²) >= 11 is 0. The van der Waals surface area contributed by atoms with E-state index in [0.29, 0.717) is 41.4 Å². The summed E-state index contributed by atoms with van der Waals surface area (Å²) in [5, 5.41) is 14.6. The van der Waals surface area contributed by atoms with Gasteiger partial charge >= 0.3 is 16.2 Å². The minimum absolute atomic E-state index is 0.0747. The number of rotatable bonds is 22. The Morgan fingerprint density at radius 3 is 2.26 bits per heavy atom. The fourth-order valence-corrected chi connectivity index (χ4v) is 8.14. The highest BCUT2D eigenvalue weighted by Gasteiger charge is 2.34. The van der Waals surface area contributed by atoms with E-state index in [9.17, 15) is 27.2 Å². The molecule has 0 aliphatic carbocycles. The standard InChI is InChI=1S/C40H55FN6O6S/c1-42-39(50)34-28-31(41)24-23-30(34)29-44-40(51)37-32(20-16-14-12-10-8-6-4-3-5-7-9-11-13-15-17-22-35(48)49)36-33(21-18-25-43-36)38(45-37)47-27-19-26-46(2)54(47,52)53/h3,5,18,21,23-25,28H,4,6-17,19-20,22,26-27,29H2,1-2H3,(H,42,50)(H,44,51)(H,48,49)/b5-3-. The van der Waals surface area contributed by atoms with Crippen LogP contribution in [0.3, 0.4) is 0 Å². The second kappa shape index (κ2) is 21.5. The van der Waals surface area contributed by atoms with Crippen molar-refractivity contribution >= 4 is 44.7 Å². The molecule has 0 bridgehead atoms. The van der Waals surface area contributed by atoms with Gasteiger partial charge in [-0.1, -0.05) is 63.2 Å². The maximum atomic E-state index is 14.0. The van der Waals surface area contributed by atoms with Gasteiger partial charge in [-0.3, -0.25) is 19.4 Å². The summed E-state index contributed by atoms with van der Waals surface area (Å²) in [6.45, 7) is 0.514. The fourth-order valence-electron chi connectivity index (χ4n) is 6.72. The van der Waals surface area contributed by atoms with Gasteiger partial charge in [0.25, 0.3) is 11.8 Å². The Hall–Kier alpha value is -4.43. The van der Waals surface area contributed by atoms with Crippen LogP contribution in [0.1, 0.15) is 128 Å². The lowest BCUT2D eigenvalue weighted by Crippen LogP contribution is -2.48. The van der Waals surface area contributed by atoms with Crippen LogP contribution in [0.15, 0.2) is 48.7 Å². The Morgan fingerprint density at radius 1 is 0.907 bits per heavy atom. The average Bonchev–Trinajstić information content (AvgIpc) is 3.16. The first kappa shape index (κ1) is 42.3. The zero-order chi connectivity index (χ0) is 38.9. The number of nitrogens with zero attached hydrogens (tertiary/aromatic N) is 4. The molecule has 0 saturated carbocycles. The highest BCUT2D eigenvalue weighted by atomic mass is 32.2. The van der Waals surface area contributed by atoms with Crippen LogP contribution in [0, 0.1) is 5.82 Å². The van der Waals surface area contributed by atoms with Crippen molar-refractivity contribution in [1.29, 1.82) is 0 Å². The number of carboxylic acids is 1. The number of pyridine rings is 2. The topological polar surface area (TPSA) is 162 Å². The van der Waals surface area contributed by atoms with Gasteiger partial charge in [0.1, 0.15) is 11.5 Å². The largest absolute Gasteiger partial charge is 0.481 e. The molecule has 14 heteroatoms. The number of hydrogen-bond acceptors (Lipinski definition) is 7. The minimum atomic E-state index is -3.88. The van der Waals surface area contributed by atoms with E-state index in [-0.39, 0.29) is 36.6 Å². The van der Waals surface area contributed by atoms with Crippen LogP contribution in [-0.4, -0.2) is 72.8 Å². The van der Waals surface area contributed by atoms with E-state index in [4.69, 9.17) is 10.1 Å². The van der Waals surface area contributed by atoms with E-state index in [2.05, 4.69) is 27.8 Å². The van der Waals surface area contributed by atoms with Crippen molar-refractivity contribution < 1.29 is 32.3 Å². The molecule has 1 fully saturated rings. The van der Waals surface area contributed by atoms with E-state index >= 15 is 0 Å². The van der Waals surface area contributed by atoms with Crippen molar-refractivity contribution in [1.82, 2.24) is 24.9 Å². The predicted molar refractivity (Wildman–Crippen MR) is 209 cm³/mol. The van der Waals surface area contributed by atoms with E-state index in [1.807, 2.05) is 0 Å². The van der Waals surface area contributed by atoms with Gasteiger partial charge in [-0.25, -0.2) is 13.7 Å². The number of aryl methyl sites for hydroxylation is 1. The van der Waals surface area contributed by atoms with E-state index in [1.165, 1.54) is 34.8 Å². The lowest BCUT2D eigenvalue weighted by molar-refractivity contribution is -0.137. The number of benzene rings is 1. The predicted octanol–water partition coefficient (Wildman–Crippen LogP) is 7.09. The Bertz CT molecular complexity index is 1870. The molecular weight excluding hydrogens is 712 g/mol. The van der Waals surface area contributed by atoms with Crippen molar-refractivity contribution in [2.24, 2.45) is 0 Å². The summed E-state index contributed by atoms with van der Waals surface area (Å²) in [5.41, 5.74) is 1.75. The third-order valence-electron chi connectivity index (χ3n) is 9.75. The second-order valence-corrected chi connectivity index (χ2v) is 15.8. The van der Waals surface area contributed by atoms with Crippen molar-refractivity contribution in [2.45, 2.75) is 109 Å². The summed E-state index contributed by atoms with van der Waals surface area (Å²) in [6.07, 6.45) is 20.8. The normalized spacial score (nSPS) is 14.5. The van der Waals surface area contributed by atoms with Crippen LogP contribution in [0.25, 0.3) is 10.9 Å². The molecule has 1 aromatic carbocycles. The summed E-state index contributed by atoms with van der Waals surface area (Å²) in [7, 11) is -0.915. The maximum absolute atomic E-state index is 14.0. The summed E-state index contributed by atoms with van der Waals surface area (Å²) in [5.74, 6) is -2.18. The molecule has 3 N–H and O–H groups in total. The number of unbranched alkanes of at least 4 members (excludes halogenated alkanes) is 11. The van der Waals surface area contributed by atoms with Gasteiger partial charge in [-0.2, -0.15) is 12.7 Å². The van der Waals surface area contributed by atoms with Gasteiger partial charge in [0.2, 0.25) is 0 Å². The van der Waals surface area contributed by atoms with Crippen LogP contribution < -0.4 is 14.9 Å². The Labute approximate surface area is 318 Å². The van der Waals surface area contributed by atoms with Crippen molar-refractivity contribution in [3.63, 3.8) is 0 Å². The molecule has 0 radical (unpaired) electrons. The van der Waals surface area contributed by atoms with Gasteiger partial charge in [-0.05, 0) is 81.2 Å². The SMILES string of the molecule is CNC(=O)c1cc(F)ccc1CNC(=O)c1nc(N2CCCN(C)S2(=O)=O)c2cccnc2c1CCCCCCCC/C=C\CCCCCCCC(=O)O. The van der Waals surface area contributed by atoms with Gasteiger partial charge in [0.15, 0.2) is 5.82 Å². The van der Waals surface area contributed by atoms with Crippen LogP contribution >= 0.6 is 0 Å². The van der Waals surface area contributed by atoms with Crippen molar-refractivity contribution in [3.8, 4) is 0 Å². The Morgan fingerprint density at radius 2 is 1.57 bits per heavy atom. The monoisotopic (exact) mass is 766 g/mol. The van der Waals surface area contributed by atoms with Crippen LogP contribution in [0.4, 0.5) is 10.2 Å². The molecule has 3 heterocycles. The molecule has 2 aromatic heterocycles. The van der Waals surface area contributed by atoms with Gasteiger partial charge in [0.05, 0.1) is 5.52 Å². The number of nitrogens with one attached hydrogen (secondary N) is 2. The number of halogens is 1. The summed E-state index contributed by atoms with van der Waals surface area (Å²) in [6, 6.07) is 7.31. The third kappa shape index (κ3) is 12.0. The summed E-state index contributed by atoms with van der Waals surface area (Å²) < 4.78 is 43.4. The van der Waals surface area contributed by atoms with Crippen LogP contribution in [-0.2, 0) is 28.0 Å². The fraction of sp³-hybridized carbons (Fsp3) is 0.525. The Kier molecular flexibility index (Phi) is 16.8. The number of allylic oxidation sites excluding steroid dienone is 2. The number of hydrogen-bond donors (Lipinski definition) is 3. The van der Waals surface area contributed by atoms with Crippen molar-refractivity contribution in [3.05, 3.63) is 76.9 Å². The van der Waals surface area contributed by atoms with Gasteiger partial charge in [0, 0.05) is 62.9 Å². The third-order valence-corrected chi connectivity index (χ3v) is 11.6. The molecule has 1 saturated heterocycles. The molecule has 0 spiro atoms. The summed E-state index contributed by atoms with van der Waals surface area (Å²) in [4.78, 5) is 46.4. The van der Waals surface area contributed by atoms with Gasteiger partial charge in [-0.15, -0.1) is 0 Å². The minimum Gasteiger partial charge on any atom is -0.481 e. The lowest BCUT2D eigenvalue weighted by Gasteiger charge is -2.34. The van der Waals surface area contributed by atoms with Crippen LogP contribution in [0.2, 0.25) is 0 Å². The number of carbonyl (C=O) groups excluding carboxylic acids is 2. The molecule has 0 unspecified atom stereocenters. The smallest absolute Gasteiger partial charge is 0.305 e. The molecule has 0 atom stereocenters. The van der Waals surface area contributed by atoms with E-state index in [0.717, 1.165) is 89.5 Å². The molecule has 1 aliphatic heterocycles. The average molecular weight is 767 g/mol. The molecule has 54 heavy (non-hydrogen) atoms. The van der Waals surface area contributed by atoms with Crippen LogP contribution in [0.5, 0.6) is 0 Å². The molecule has 294 valence electrons. The molecule has 2 amide bonds. The molecule has 1 aliphatic rings. The first-order valence-corrected chi connectivity index (χ1v) is 20.6. The number of amides is 2. The quantitative estimate of drug-likeness (QED) is 0.0722. The zero-order valence-electron chi connectivity index (χ0n) is 31.6. The molecule has 3 aromatic rings.